The third-order valence-electron chi connectivity index (χ3n) is 2.27. The van der Waals surface area contributed by atoms with Crippen molar-refractivity contribution >= 4 is 11.9 Å². The maximum atomic E-state index is 12.5. The van der Waals surface area contributed by atoms with Gasteiger partial charge in [0.15, 0.2) is 0 Å². The lowest BCUT2D eigenvalue weighted by Gasteiger charge is -2.39. The van der Waals surface area contributed by atoms with E-state index in [1.165, 1.54) is 0 Å². The van der Waals surface area contributed by atoms with Gasteiger partial charge in [-0.15, -0.1) is 0 Å². The van der Waals surface area contributed by atoms with Gasteiger partial charge in [0.05, 0.1) is 6.42 Å². The second kappa shape index (κ2) is 4.26. The van der Waals surface area contributed by atoms with Crippen LogP contribution in [0, 0.1) is 5.92 Å². The summed E-state index contributed by atoms with van der Waals surface area (Å²) in [5, 5.41) is 8.35. The second-order valence-corrected chi connectivity index (χ2v) is 3.60. The SMILES string of the molecule is O=C(O)CC1CN(C(=O)C(F)(F)C(F)F)C1. The average Bonchev–Trinajstić information content (AvgIpc) is 2.08. The zero-order valence-corrected chi connectivity index (χ0v) is 8.00. The first-order valence-corrected chi connectivity index (χ1v) is 4.42. The fraction of sp³-hybridized carbons (Fsp3) is 0.750. The number of likely N-dealkylation sites (tertiary alicyclic amines) is 1. The van der Waals surface area contributed by atoms with Crippen LogP contribution in [0.4, 0.5) is 17.6 Å². The molecule has 0 aromatic heterocycles. The summed E-state index contributed by atoms with van der Waals surface area (Å²) in [6.45, 7) is -0.430. The van der Waals surface area contributed by atoms with Crippen LogP contribution in [0.5, 0.6) is 0 Å². The van der Waals surface area contributed by atoms with Crippen LogP contribution in [0.15, 0.2) is 0 Å². The maximum absolute atomic E-state index is 12.5. The van der Waals surface area contributed by atoms with E-state index in [1.807, 2.05) is 0 Å². The molecule has 1 aliphatic rings. The molecular weight excluding hydrogens is 234 g/mol. The summed E-state index contributed by atoms with van der Waals surface area (Å²) >= 11 is 0. The normalized spacial score (nSPS) is 17.4. The summed E-state index contributed by atoms with van der Waals surface area (Å²) in [7, 11) is 0. The number of carbonyl (C=O) groups excluding carboxylic acids is 1. The first kappa shape index (κ1) is 12.7. The number of alkyl halides is 4. The largest absolute Gasteiger partial charge is 0.481 e. The van der Waals surface area contributed by atoms with Gasteiger partial charge in [-0.1, -0.05) is 0 Å². The number of carboxylic acids is 1. The van der Waals surface area contributed by atoms with Crippen molar-refractivity contribution < 1.29 is 32.3 Å². The molecule has 92 valence electrons. The van der Waals surface area contributed by atoms with Crippen molar-refractivity contribution in [3.8, 4) is 0 Å². The molecule has 1 saturated heterocycles. The van der Waals surface area contributed by atoms with Crippen molar-refractivity contribution in [2.24, 2.45) is 5.92 Å². The smallest absolute Gasteiger partial charge is 0.383 e. The van der Waals surface area contributed by atoms with Crippen LogP contribution >= 0.6 is 0 Å². The maximum Gasteiger partial charge on any atom is 0.383 e. The van der Waals surface area contributed by atoms with Crippen LogP contribution in [0.25, 0.3) is 0 Å². The van der Waals surface area contributed by atoms with E-state index >= 15 is 0 Å². The van der Waals surface area contributed by atoms with Crippen molar-refractivity contribution in [3.63, 3.8) is 0 Å². The summed E-state index contributed by atoms with van der Waals surface area (Å²) in [5.41, 5.74) is 0. The van der Waals surface area contributed by atoms with E-state index in [9.17, 15) is 27.2 Å². The Labute approximate surface area is 87.8 Å². The van der Waals surface area contributed by atoms with Crippen molar-refractivity contribution in [1.82, 2.24) is 4.90 Å². The standard InChI is InChI=1S/C8H9F4NO3/c9-6(10)8(11,12)7(16)13-2-4(3-13)1-5(14)15/h4,6H,1-3H2,(H,14,15). The van der Waals surface area contributed by atoms with Gasteiger partial charge in [-0.2, -0.15) is 8.78 Å². The lowest BCUT2D eigenvalue weighted by molar-refractivity contribution is -0.187. The van der Waals surface area contributed by atoms with Gasteiger partial charge in [0.2, 0.25) is 0 Å². The molecule has 0 radical (unpaired) electrons. The molecule has 0 bridgehead atoms. The number of carbonyl (C=O) groups is 2. The zero-order chi connectivity index (χ0) is 12.5. The highest BCUT2D eigenvalue weighted by Gasteiger charge is 2.53. The quantitative estimate of drug-likeness (QED) is 0.744. The number of carboxylic acid groups (broad SMARTS) is 1. The lowest BCUT2D eigenvalue weighted by atomic mass is 9.96. The molecule has 1 amide bonds. The van der Waals surface area contributed by atoms with E-state index in [4.69, 9.17) is 5.11 Å². The van der Waals surface area contributed by atoms with Crippen molar-refractivity contribution in [2.75, 3.05) is 13.1 Å². The first-order valence-electron chi connectivity index (χ1n) is 4.42. The molecule has 1 fully saturated rings. The van der Waals surface area contributed by atoms with Gasteiger partial charge in [0, 0.05) is 19.0 Å². The Bertz CT molecular complexity index is 302. The monoisotopic (exact) mass is 243 g/mol. The van der Waals surface area contributed by atoms with E-state index in [1.54, 1.807) is 0 Å². The number of rotatable bonds is 4. The summed E-state index contributed by atoms with van der Waals surface area (Å²) in [5.74, 6) is -8.18. The Morgan fingerprint density at radius 1 is 1.38 bits per heavy atom. The topological polar surface area (TPSA) is 57.6 Å². The molecule has 0 unspecified atom stereocenters. The number of halogens is 4. The van der Waals surface area contributed by atoms with Gasteiger partial charge in [0.25, 0.3) is 5.91 Å². The number of hydrogen-bond donors (Lipinski definition) is 1. The lowest BCUT2D eigenvalue weighted by Crippen LogP contribution is -2.57. The number of hydrogen-bond acceptors (Lipinski definition) is 2. The Kier molecular flexibility index (Phi) is 3.39. The average molecular weight is 243 g/mol. The molecule has 0 aromatic rings. The Morgan fingerprint density at radius 2 is 1.88 bits per heavy atom. The highest BCUT2D eigenvalue weighted by molar-refractivity contribution is 5.84. The van der Waals surface area contributed by atoms with E-state index in [2.05, 4.69) is 0 Å². The third-order valence-corrected chi connectivity index (χ3v) is 2.27. The minimum atomic E-state index is -4.69. The Morgan fingerprint density at radius 3 is 2.25 bits per heavy atom. The van der Waals surface area contributed by atoms with E-state index < -0.39 is 30.1 Å². The molecule has 0 aliphatic carbocycles. The van der Waals surface area contributed by atoms with Crippen molar-refractivity contribution in [1.29, 1.82) is 0 Å². The Balaban J connectivity index is 2.46. The van der Waals surface area contributed by atoms with Crippen LogP contribution in [0.2, 0.25) is 0 Å². The van der Waals surface area contributed by atoms with Gasteiger partial charge in [-0.25, -0.2) is 8.78 Å². The van der Waals surface area contributed by atoms with E-state index in [0.717, 1.165) is 0 Å². The molecule has 1 heterocycles. The molecule has 1 N–H and O–H groups in total. The van der Waals surface area contributed by atoms with Crippen LogP contribution in [-0.2, 0) is 9.59 Å². The predicted molar refractivity (Wildman–Crippen MR) is 43.3 cm³/mol. The van der Waals surface area contributed by atoms with Gasteiger partial charge >= 0.3 is 18.3 Å². The van der Waals surface area contributed by atoms with Crippen LogP contribution < -0.4 is 0 Å². The minimum absolute atomic E-state index is 0.215. The van der Waals surface area contributed by atoms with Crippen LogP contribution in [0.1, 0.15) is 6.42 Å². The van der Waals surface area contributed by atoms with Gasteiger partial charge in [0.1, 0.15) is 0 Å². The molecule has 16 heavy (non-hydrogen) atoms. The van der Waals surface area contributed by atoms with Crippen molar-refractivity contribution in [2.45, 2.75) is 18.8 Å². The third kappa shape index (κ3) is 2.42. The number of nitrogens with zero attached hydrogens (tertiary/aromatic N) is 1. The molecule has 4 nitrogen and oxygen atoms in total. The second-order valence-electron chi connectivity index (χ2n) is 3.60. The molecular formula is C8H9F4NO3. The van der Waals surface area contributed by atoms with Gasteiger partial charge < -0.3 is 10.0 Å². The molecule has 1 aliphatic heterocycles. The van der Waals surface area contributed by atoms with Crippen molar-refractivity contribution in [3.05, 3.63) is 0 Å². The summed E-state index contributed by atoms with van der Waals surface area (Å²) in [4.78, 5) is 21.6. The van der Waals surface area contributed by atoms with Gasteiger partial charge in [-0.05, 0) is 0 Å². The molecule has 0 aromatic carbocycles. The highest BCUT2D eigenvalue weighted by Crippen LogP contribution is 2.29. The van der Waals surface area contributed by atoms with E-state index in [0.29, 0.717) is 4.90 Å². The van der Waals surface area contributed by atoms with E-state index in [-0.39, 0.29) is 19.5 Å². The fourth-order valence-electron chi connectivity index (χ4n) is 1.42. The summed E-state index contributed by atoms with van der Waals surface area (Å²) in [6, 6.07) is 0. The molecule has 0 saturated carbocycles. The molecule has 0 atom stereocenters. The van der Waals surface area contributed by atoms with Crippen LogP contribution in [0.3, 0.4) is 0 Å². The van der Waals surface area contributed by atoms with Crippen LogP contribution in [-0.4, -0.2) is 47.3 Å². The zero-order valence-electron chi connectivity index (χ0n) is 8.00. The highest BCUT2D eigenvalue weighted by atomic mass is 19.3. The molecule has 8 heteroatoms. The van der Waals surface area contributed by atoms with Gasteiger partial charge in [-0.3, -0.25) is 9.59 Å². The minimum Gasteiger partial charge on any atom is -0.481 e. The molecule has 1 rings (SSSR count). The number of amides is 1. The fourth-order valence-corrected chi connectivity index (χ4v) is 1.42. The summed E-state index contributed by atoms with van der Waals surface area (Å²) in [6.07, 6.45) is -4.30. The number of aliphatic carboxylic acids is 1. The first-order chi connectivity index (χ1) is 7.25. The Hall–Kier alpha value is -1.34. The summed E-state index contributed by atoms with van der Waals surface area (Å²) < 4.78 is 48.7. The predicted octanol–water partition coefficient (Wildman–Crippen LogP) is 0.820. The molecule has 0 spiro atoms.